The minimum atomic E-state index is -0.833. The lowest BCUT2D eigenvalue weighted by Gasteiger charge is -1.59. The zero-order valence-corrected chi connectivity index (χ0v) is 4.68. The van der Waals surface area contributed by atoms with Gasteiger partial charge in [-0.15, -0.1) is 0 Å². The molecule has 0 unspecified atom stereocenters. The molecule has 0 aromatic heterocycles. The fourth-order valence-corrected chi connectivity index (χ4v) is 0.0510. The van der Waals surface area contributed by atoms with Crippen LogP contribution in [0.15, 0.2) is 0 Å². The molecule has 1 saturated carbocycles. The highest BCUT2D eigenvalue weighted by atomic mass is 16.4. The van der Waals surface area contributed by atoms with Crippen molar-refractivity contribution in [1.29, 1.82) is 0 Å². The van der Waals surface area contributed by atoms with Crippen LogP contribution in [0.4, 0.5) is 0 Å². The van der Waals surface area contributed by atoms with Gasteiger partial charge in [0.25, 0.3) is 5.97 Å². The maximum Gasteiger partial charge on any atom is 0.300 e. The summed E-state index contributed by atoms with van der Waals surface area (Å²) in [5, 5.41) is 7.42. The molecule has 0 radical (unpaired) electrons. The Morgan fingerprint density at radius 1 is 1.62 bits per heavy atom. The van der Waals surface area contributed by atoms with E-state index in [-0.39, 0.29) is 0 Å². The quantitative estimate of drug-likeness (QED) is 0.499. The van der Waals surface area contributed by atoms with Gasteiger partial charge in [-0.3, -0.25) is 9.59 Å². The van der Waals surface area contributed by atoms with Gasteiger partial charge in [-0.25, -0.2) is 0 Å². The first-order chi connectivity index (χ1) is 3.63. The van der Waals surface area contributed by atoms with Crippen molar-refractivity contribution < 1.29 is 14.7 Å². The van der Waals surface area contributed by atoms with Gasteiger partial charge in [-0.1, -0.05) is 0 Å². The molecule has 3 heteroatoms. The lowest BCUT2D eigenvalue weighted by Crippen LogP contribution is -1.78. The highest BCUT2D eigenvalue weighted by molar-refractivity contribution is 5.92. The summed E-state index contributed by atoms with van der Waals surface area (Å²) in [6.45, 7) is 1.08. The molecule has 0 atom stereocenters. The van der Waals surface area contributed by atoms with Crippen LogP contribution in [-0.4, -0.2) is 16.9 Å². The van der Waals surface area contributed by atoms with Gasteiger partial charge in [0.2, 0.25) is 0 Å². The Hall–Kier alpha value is -0.860. The van der Waals surface area contributed by atoms with Gasteiger partial charge in [0.05, 0.1) is 0 Å². The van der Waals surface area contributed by atoms with E-state index >= 15 is 0 Å². The third kappa shape index (κ3) is 19.2. The molecule has 0 spiro atoms. The Morgan fingerprint density at radius 3 is 1.75 bits per heavy atom. The van der Waals surface area contributed by atoms with Crippen molar-refractivity contribution in [2.24, 2.45) is 0 Å². The molecule has 0 aliphatic heterocycles. The second kappa shape index (κ2) is 3.18. The molecule has 46 valence electrons. The number of hydrogen-bond donors (Lipinski definition) is 1. The predicted molar refractivity (Wildman–Crippen MR) is 27.6 cm³/mol. The van der Waals surface area contributed by atoms with E-state index in [0.717, 1.165) is 19.8 Å². The number of carbonyl (C=O) groups is 2. The first-order valence-electron chi connectivity index (χ1n) is 2.34. The second-order valence-electron chi connectivity index (χ2n) is 1.56. The smallest absolute Gasteiger partial charge is 0.300 e. The molecule has 1 aliphatic carbocycles. The van der Waals surface area contributed by atoms with Crippen molar-refractivity contribution in [2.75, 3.05) is 0 Å². The van der Waals surface area contributed by atoms with Crippen molar-refractivity contribution in [3.63, 3.8) is 0 Å². The minimum absolute atomic E-state index is 0.417. The molecule has 0 aromatic rings. The molecule has 1 aliphatic rings. The molecule has 0 heterocycles. The predicted octanol–water partition coefficient (Wildman–Crippen LogP) is 0.440. The molecule has 3 nitrogen and oxygen atoms in total. The fraction of sp³-hybridized carbons (Fsp3) is 0.600. The summed E-state index contributed by atoms with van der Waals surface area (Å²) >= 11 is 0. The van der Waals surface area contributed by atoms with Crippen LogP contribution in [0.3, 0.4) is 0 Å². The molecular weight excluding hydrogens is 108 g/mol. The Kier molecular flexibility index (Phi) is 2.84. The summed E-state index contributed by atoms with van der Waals surface area (Å²) in [4.78, 5) is 18.6. The monoisotopic (exact) mass is 116 g/mol. The van der Waals surface area contributed by atoms with Gasteiger partial charge in [-0.2, -0.15) is 0 Å². The Balaban J connectivity index is 0.000000122. The number of carboxylic acid groups (broad SMARTS) is 1. The van der Waals surface area contributed by atoms with E-state index in [9.17, 15) is 4.79 Å². The van der Waals surface area contributed by atoms with Crippen LogP contribution in [0, 0.1) is 0 Å². The van der Waals surface area contributed by atoms with E-state index in [1.165, 1.54) is 0 Å². The molecular formula is C5H8O3. The highest BCUT2D eigenvalue weighted by Gasteiger charge is 2.13. The maximum absolute atomic E-state index is 9.56. The van der Waals surface area contributed by atoms with E-state index in [1.54, 1.807) is 0 Å². The Bertz CT molecular complexity index is 94.2. The van der Waals surface area contributed by atoms with Gasteiger partial charge < -0.3 is 5.11 Å². The number of carboxylic acids is 1. The van der Waals surface area contributed by atoms with Crippen molar-refractivity contribution in [3.8, 4) is 0 Å². The van der Waals surface area contributed by atoms with Gasteiger partial charge >= 0.3 is 0 Å². The summed E-state index contributed by atoms with van der Waals surface area (Å²) < 4.78 is 0. The first-order valence-corrected chi connectivity index (χ1v) is 2.34. The van der Waals surface area contributed by atoms with E-state index in [0.29, 0.717) is 5.78 Å². The molecule has 8 heavy (non-hydrogen) atoms. The van der Waals surface area contributed by atoms with E-state index in [1.807, 2.05) is 0 Å². The third-order valence-corrected chi connectivity index (χ3v) is 0.454. The van der Waals surface area contributed by atoms with Crippen LogP contribution in [0.2, 0.25) is 0 Å². The van der Waals surface area contributed by atoms with Gasteiger partial charge in [0.15, 0.2) is 0 Å². The van der Waals surface area contributed by atoms with E-state index in [2.05, 4.69) is 0 Å². The molecule has 0 amide bonds. The molecule has 0 saturated heterocycles. The normalized spacial score (nSPS) is 13.9. The standard InChI is InChI=1S/C3H4O.C2H4O2/c4-3-1-2-3;1-2(3)4/h1-2H2;1H3,(H,3,4). The minimum Gasteiger partial charge on any atom is -0.481 e. The number of rotatable bonds is 0. The van der Waals surface area contributed by atoms with Crippen LogP contribution >= 0.6 is 0 Å². The van der Waals surface area contributed by atoms with Crippen LogP contribution in [0.1, 0.15) is 19.8 Å². The summed E-state index contributed by atoms with van der Waals surface area (Å²) in [6.07, 6.45) is 1.69. The highest BCUT2D eigenvalue weighted by Crippen LogP contribution is 2.08. The van der Waals surface area contributed by atoms with Crippen LogP contribution in [-0.2, 0) is 9.59 Å². The molecule has 1 N–H and O–H groups in total. The summed E-state index contributed by atoms with van der Waals surface area (Å²) in [6, 6.07) is 0. The van der Waals surface area contributed by atoms with E-state index < -0.39 is 5.97 Å². The average molecular weight is 116 g/mol. The van der Waals surface area contributed by atoms with Crippen LogP contribution < -0.4 is 0 Å². The lowest BCUT2D eigenvalue weighted by molar-refractivity contribution is -0.134. The van der Waals surface area contributed by atoms with Crippen molar-refractivity contribution in [2.45, 2.75) is 19.8 Å². The fourth-order valence-electron chi connectivity index (χ4n) is 0.0510. The topological polar surface area (TPSA) is 54.4 Å². The number of hydrogen-bond acceptors (Lipinski definition) is 2. The van der Waals surface area contributed by atoms with E-state index in [4.69, 9.17) is 9.90 Å². The van der Waals surface area contributed by atoms with Gasteiger partial charge in [0, 0.05) is 19.8 Å². The van der Waals surface area contributed by atoms with Crippen LogP contribution in [0.25, 0.3) is 0 Å². The average Bonchev–Trinajstić information content (AvgIpc) is 2.19. The lowest BCUT2D eigenvalue weighted by atomic mass is 10.9. The number of aliphatic carboxylic acids is 1. The number of Topliss-reactive ketones (excluding diaryl/α,β-unsaturated/α-hetero) is 1. The first kappa shape index (κ1) is 7.14. The van der Waals surface area contributed by atoms with Crippen molar-refractivity contribution in [3.05, 3.63) is 0 Å². The summed E-state index contributed by atoms with van der Waals surface area (Å²) in [5.74, 6) is -0.417. The van der Waals surface area contributed by atoms with Crippen molar-refractivity contribution in [1.82, 2.24) is 0 Å². The van der Waals surface area contributed by atoms with Gasteiger partial charge in [-0.05, 0) is 0 Å². The summed E-state index contributed by atoms with van der Waals surface area (Å²) in [5.41, 5.74) is 0. The van der Waals surface area contributed by atoms with Crippen LogP contribution in [0.5, 0.6) is 0 Å². The Labute approximate surface area is 47.3 Å². The Morgan fingerprint density at radius 2 is 1.75 bits per heavy atom. The molecule has 1 rings (SSSR count). The summed E-state index contributed by atoms with van der Waals surface area (Å²) in [7, 11) is 0. The second-order valence-corrected chi connectivity index (χ2v) is 1.56. The molecule has 0 aromatic carbocycles. The molecule has 1 fully saturated rings. The zero-order chi connectivity index (χ0) is 6.57. The largest absolute Gasteiger partial charge is 0.481 e. The third-order valence-electron chi connectivity index (χ3n) is 0.454. The van der Waals surface area contributed by atoms with Gasteiger partial charge in [0.1, 0.15) is 5.78 Å². The zero-order valence-electron chi connectivity index (χ0n) is 4.68. The number of ketones is 1. The van der Waals surface area contributed by atoms with Crippen molar-refractivity contribution >= 4 is 11.8 Å². The molecule has 0 bridgehead atoms. The number of carbonyl (C=O) groups excluding carboxylic acids is 1. The maximum atomic E-state index is 9.56. The SMILES string of the molecule is CC(=O)O.O=C1CC1.